The first-order valence-corrected chi connectivity index (χ1v) is 11.0. The molecule has 2 saturated heterocycles. The second kappa shape index (κ2) is 8.32. The van der Waals surface area contributed by atoms with Gasteiger partial charge in [-0.2, -0.15) is 13.2 Å². The zero-order valence-electron chi connectivity index (χ0n) is 16.4. The second-order valence-corrected chi connectivity index (χ2v) is 8.98. The first kappa shape index (κ1) is 20.8. The third-order valence-corrected chi connectivity index (χ3v) is 6.82. The van der Waals surface area contributed by atoms with Gasteiger partial charge in [-0.15, -0.1) is 0 Å². The Bertz CT molecular complexity index is 745. The van der Waals surface area contributed by atoms with Crippen LogP contribution in [0.5, 0.6) is 0 Å². The van der Waals surface area contributed by atoms with Crippen LogP contribution in [0.15, 0.2) is 12.3 Å². The van der Waals surface area contributed by atoms with Crippen LogP contribution in [0.25, 0.3) is 0 Å². The first-order valence-electron chi connectivity index (χ1n) is 10.6. The lowest BCUT2D eigenvalue weighted by atomic mass is 9.86. The average Bonchev–Trinajstić information content (AvgIpc) is 3.54. The predicted octanol–water partition coefficient (Wildman–Crippen LogP) is 5.15. The van der Waals surface area contributed by atoms with E-state index in [1.54, 1.807) is 0 Å². The normalized spacial score (nSPS) is 24.5. The SMILES string of the molecule is O=C(C1CC1)N1CCCCCC1C1CCN(c2ncc(C(F)(F)F)cc2Cl)CC1. The number of pyridine rings is 1. The van der Waals surface area contributed by atoms with Crippen molar-refractivity contribution < 1.29 is 18.0 Å². The fraction of sp³-hybridized carbons (Fsp3) is 0.714. The van der Waals surface area contributed by atoms with Crippen molar-refractivity contribution in [2.45, 2.75) is 63.6 Å². The highest BCUT2D eigenvalue weighted by molar-refractivity contribution is 6.33. The average molecular weight is 430 g/mol. The van der Waals surface area contributed by atoms with Crippen LogP contribution in [0, 0.1) is 11.8 Å². The van der Waals surface area contributed by atoms with Gasteiger partial charge in [0.2, 0.25) is 5.91 Å². The number of nitrogens with zero attached hydrogens (tertiary/aromatic N) is 3. The molecule has 0 bridgehead atoms. The standard InChI is InChI=1S/C21H27ClF3N3O/c22-17-12-16(21(23,24)25)13-26-19(17)27-10-7-14(8-11-27)18-4-2-1-3-9-28(18)20(29)15-5-6-15/h12-15,18H,1-11H2. The minimum Gasteiger partial charge on any atom is -0.355 e. The summed E-state index contributed by atoms with van der Waals surface area (Å²) in [6.45, 7) is 2.27. The van der Waals surface area contributed by atoms with E-state index >= 15 is 0 Å². The number of rotatable bonds is 3. The van der Waals surface area contributed by atoms with Crippen LogP contribution in [0.2, 0.25) is 5.02 Å². The van der Waals surface area contributed by atoms with Crippen LogP contribution in [0.4, 0.5) is 19.0 Å². The summed E-state index contributed by atoms with van der Waals surface area (Å²) >= 11 is 6.12. The summed E-state index contributed by atoms with van der Waals surface area (Å²) < 4.78 is 38.6. The van der Waals surface area contributed by atoms with Crippen LogP contribution in [0.3, 0.4) is 0 Å². The number of halogens is 4. The molecule has 2 aliphatic heterocycles. The maximum Gasteiger partial charge on any atom is 0.417 e. The quantitative estimate of drug-likeness (QED) is 0.666. The molecule has 1 aromatic rings. The van der Waals surface area contributed by atoms with Gasteiger partial charge in [0.1, 0.15) is 5.82 Å². The molecule has 0 N–H and O–H groups in total. The van der Waals surface area contributed by atoms with E-state index in [-0.39, 0.29) is 10.9 Å². The summed E-state index contributed by atoms with van der Waals surface area (Å²) in [6.07, 6.45) is 4.74. The molecule has 0 spiro atoms. The minimum absolute atomic E-state index is 0.0401. The molecule has 1 aliphatic carbocycles. The van der Waals surface area contributed by atoms with Crippen molar-refractivity contribution in [2.75, 3.05) is 24.5 Å². The summed E-state index contributed by atoms with van der Waals surface area (Å²) in [7, 11) is 0. The number of carbonyl (C=O) groups is 1. The molecule has 1 amide bonds. The van der Waals surface area contributed by atoms with Gasteiger partial charge in [-0.3, -0.25) is 4.79 Å². The summed E-state index contributed by atoms with van der Waals surface area (Å²) in [5, 5.41) is 0.0401. The van der Waals surface area contributed by atoms with Crippen molar-refractivity contribution in [3.63, 3.8) is 0 Å². The van der Waals surface area contributed by atoms with E-state index in [2.05, 4.69) is 9.88 Å². The minimum atomic E-state index is -4.45. The van der Waals surface area contributed by atoms with Crippen molar-refractivity contribution in [1.82, 2.24) is 9.88 Å². The van der Waals surface area contributed by atoms with Crippen molar-refractivity contribution in [3.05, 3.63) is 22.8 Å². The van der Waals surface area contributed by atoms with E-state index in [0.717, 1.165) is 63.8 Å². The number of piperidine rings is 1. The largest absolute Gasteiger partial charge is 0.417 e. The van der Waals surface area contributed by atoms with Gasteiger partial charge in [0, 0.05) is 37.8 Å². The molecule has 29 heavy (non-hydrogen) atoms. The lowest BCUT2D eigenvalue weighted by Crippen LogP contribution is -2.48. The molecule has 0 aromatic carbocycles. The highest BCUT2D eigenvalue weighted by atomic mass is 35.5. The van der Waals surface area contributed by atoms with Gasteiger partial charge in [-0.1, -0.05) is 24.4 Å². The van der Waals surface area contributed by atoms with Crippen molar-refractivity contribution in [1.29, 1.82) is 0 Å². The summed E-state index contributed by atoms with van der Waals surface area (Å²) in [5.41, 5.74) is -0.825. The molecule has 4 nitrogen and oxygen atoms in total. The third-order valence-electron chi connectivity index (χ3n) is 6.54. The van der Waals surface area contributed by atoms with E-state index in [1.807, 2.05) is 4.90 Å². The monoisotopic (exact) mass is 429 g/mol. The first-order chi connectivity index (χ1) is 13.8. The highest BCUT2D eigenvalue weighted by Crippen LogP contribution is 2.38. The molecule has 3 aliphatic rings. The van der Waals surface area contributed by atoms with Crippen molar-refractivity contribution in [3.8, 4) is 0 Å². The number of anilines is 1. The molecule has 1 saturated carbocycles. The molecule has 3 heterocycles. The molecule has 1 unspecified atom stereocenters. The molecule has 1 atom stereocenters. The molecule has 8 heteroatoms. The van der Waals surface area contributed by atoms with Gasteiger partial charge in [0.05, 0.1) is 10.6 Å². The number of carbonyl (C=O) groups excluding carboxylic acids is 1. The predicted molar refractivity (Wildman–Crippen MR) is 106 cm³/mol. The number of hydrogen-bond donors (Lipinski definition) is 0. The molecular formula is C21H27ClF3N3O. The molecular weight excluding hydrogens is 403 g/mol. The zero-order chi connectivity index (χ0) is 20.6. The molecule has 1 aromatic heterocycles. The number of alkyl halides is 3. The summed E-state index contributed by atoms with van der Waals surface area (Å²) in [6, 6.07) is 1.25. The van der Waals surface area contributed by atoms with Crippen LogP contribution in [0.1, 0.15) is 56.9 Å². The zero-order valence-corrected chi connectivity index (χ0v) is 17.2. The van der Waals surface area contributed by atoms with Gasteiger partial charge < -0.3 is 9.80 Å². The second-order valence-electron chi connectivity index (χ2n) is 8.57. The smallest absolute Gasteiger partial charge is 0.355 e. The molecule has 160 valence electrons. The fourth-order valence-electron chi connectivity index (χ4n) is 4.78. The Balaban J connectivity index is 1.42. The van der Waals surface area contributed by atoms with Gasteiger partial charge in [-0.05, 0) is 50.5 Å². The molecule has 3 fully saturated rings. The van der Waals surface area contributed by atoms with Crippen molar-refractivity contribution >= 4 is 23.3 Å². The third kappa shape index (κ3) is 4.65. The van der Waals surface area contributed by atoms with Gasteiger partial charge in [0.25, 0.3) is 0 Å². The number of amides is 1. The van der Waals surface area contributed by atoms with Crippen molar-refractivity contribution in [2.24, 2.45) is 11.8 Å². The van der Waals surface area contributed by atoms with Gasteiger partial charge in [0.15, 0.2) is 0 Å². The number of aromatic nitrogens is 1. The Morgan fingerprint density at radius 2 is 1.76 bits per heavy atom. The van der Waals surface area contributed by atoms with E-state index in [0.29, 0.717) is 36.8 Å². The Kier molecular flexibility index (Phi) is 5.96. The number of hydrogen-bond acceptors (Lipinski definition) is 3. The van der Waals surface area contributed by atoms with E-state index < -0.39 is 11.7 Å². The fourth-order valence-corrected chi connectivity index (χ4v) is 5.06. The van der Waals surface area contributed by atoms with E-state index in [1.165, 1.54) is 6.42 Å². The maximum absolute atomic E-state index is 12.9. The lowest BCUT2D eigenvalue weighted by Gasteiger charge is -2.41. The summed E-state index contributed by atoms with van der Waals surface area (Å²) in [4.78, 5) is 20.9. The van der Waals surface area contributed by atoms with Crippen LogP contribution < -0.4 is 4.90 Å². The van der Waals surface area contributed by atoms with Crippen LogP contribution >= 0.6 is 11.6 Å². The lowest BCUT2D eigenvalue weighted by molar-refractivity contribution is -0.138. The molecule has 4 rings (SSSR count). The van der Waals surface area contributed by atoms with Gasteiger partial charge in [-0.25, -0.2) is 4.98 Å². The Morgan fingerprint density at radius 1 is 1.03 bits per heavy atom. The molecule has 0 radical (unpaired) electrons. The topological polar surface area (TPSA) is 36.4 Å². The van der Waals surface area contributed by atoms with Crippen LogP contribution in [-0.4, -0.2) is 41.5 Å². The van der Waals surface area contributed by atoms with Gasteiger partial charge >= 0.3 is 6.18 Å². The Hall–Kier alpha value is -1.50. The summed E-state index contributed by atoms with van der Waals surface area (Å²) in [5.74, 6) is 1.43. The Morgan fingerprint density at radius 3 is 2.38 bits per heavy atom. The highest BCUT2D eigenvalue weighted by Gasteiger charge is 2.40. The van der Waals surface area contributed by atoms with E-state index in [9.17, 15) is 18.0 Å². The number of likely N-dealkylation sites (tertiary alicyclic amines) is 1. The maximum atomic E-state index is 12.9. The Labute approximate surface area is 174 Å². The van der Waals surface area contributed by atoms with Crippen LogP contribution in [-0.2, 0) is 11.0 Å². The van der Waals surface area contributed by atoms with E-state index in [4.69, 9.17) is 11.6 Å².